The van der Waals surface area contributed by atoms with Gasteiger partial charge in [0.05, 0.1) is 66.1 Å². The van der Waals surface area contributed by atoms with Crippen molar-refractivity contribution in [3.63, 3.8) is 0 Å². The fourth-order valence-corrected chi connectivity index (χ4v) is 20.1. The molecule has 26 nitrogen and oxygen atoms in total. The average molecular weight is 1880 g/mol. The number of ether oxygens (including phenoxy) is 2. The zero-order valence-corrected chi connectivity index (χ0v) is 79.0. The second-order valence-electron chi connectivity index (χ2n) is 30.8. The molecule has 15 heterocycles. The van der Waals surface area contributed by atoms with Gasteiger partial charge < -0.3 is 56.5 Å². The molecule has 0 spiro atoms. The number of fused-ring (bicyclic) bond motifs is 5. The molecule has 0 fully saturated rings. The van der Waals surface area contributed by atoms with Crippen molar-refractivity contribution >= 4 is 137 Å². The van der Waals surface area contributed by atoms with Gasteiger partial charge in [-0.2, -0.15) is 0 Å². The largest absolute Gasteiger partial charge is 0.396 e. The van der Waals surface area contributed by atoms with Crippen LogP contribution in [0.25, 0.3) is 164 Å². The third-order valence-corrected chi connectivity index (χ3v) is 25.8. The van der Waals surface area contributed by atoms with E-state index in [0.29, 0.717) is 81.5 Å². The van der Waals surface area contributed by atoms with Crippen LogP contribution in [0.2, 0.25) is 0 Å². The fraction of sp³-hybridized carbons (Fsp3) is 0.183. The maximum atomic E-state index is 9.69. The van der Waals surface area contributed by atoms with Crippen LogP contribution in [0, 0.1) is 20.8 Å². The number of aromatic nitrogens is 15. The van der Waals surface area contributed by atoms with Crippen molar-refractivity contribution in [3.8, 4) is 113 Å². The molecule has 0 aliphatic rings. The highest BCUT2D eigenvalue weighted by Gasteiger charge is 2.26. The first-order chi connectivity index (χ1) is 66.3. The van der Waals surface area contributed by atoms with E-state index in [1.807, 2.05) is 170 Å². The lowest BCUT2D eigenvalue weighted by Crippen LogP contribution is -2.22. The molecule has 0 amide bonds. The molecule has 0 radical (unpaired) electrons. The quantitative estimate of drug-likeness (QED) is 0.0189. The summed E-state index contributed by atoms with van der Waals surface area (Å²) in [4.78, 5) is 77.9. The number of hydrogen-bond donors (Lipinski definition) is 9. The molecular formula is C104H98N20O6S5. The number of pyridine rings is 5. The molecule has 0 saturated carbocycles. The predicted octanol–water partition coefficient (Wildman–Crippen LogP) is 21.9. The van der Waals surface area contributed by atoms with Crippen LogP contribution in [0.3, 0.4) is 0 Å². The lowest BCUT2D eigenvalue weighted by Gasteiger charge is -2.16. The molecule has 0 aliphatic heterocycles. The van der Waals surface area contributed by atoms with Crippen LogP contribution < -0.4 is 26.6 Å². The van der Waals surface area contributed by atoms with Gasteiger partial charge in [-0.3, -0.25) is 24.9 Å². The number of thiophene rings is 5. The van der Waals surface area contributed by atoms with E-state index in [1.165, 1.54) is 25.8 Å². The second-order valence-corrected chi connectivity index (χ2v) is 36.2. The van der Waals surface area contributed by atoms with Crippen molar-refractivity contribution in [2.24, 2.45) is 0 Å². The number of nitrogens with one attached hydrogen (secondary N) is 5. The third-order valence-electron chi connectivity index (χ3n) is 21.0. The number of aliphatic hydroxyl groups is 4. The summed E-state index contributed by atoms with van der Waals surface area (Å²) in [5.74, 6) is 6.80. The molecule has 0 bridgehead atoms. The topological polar surface area (TPSA) is 353 Å². The Kier molecular flexibility index (Phi) is 32.4. The SMILES string of the molecule is CC(O)CNc1nc(-c2ccccn2)nc2scc(-c3ccccc3)c12.COCC(C)Nc1nc(-c2ccccn2)nc2sc(C)c(-c3ccccc3)c12.Cc1sc2nc(-c3ccccn3)nc(NCCCO)c2c1-c1ccccc1.Cc1sc2nc(-c3ccccn3)nc(NCCO)c2c1-c1ccccc1.OCCOCCNc1nc(-c2ccccn2)nc2scc(-c3ccccc3)c12. The summed E-state index contributed by atoms with van der Waals surface area (Å²) >= 11 is 8.18. The first kappa shape index (κ1) is 94.0. The third kappa shape index (κ3) is 23.2. The van der Waals surface area contributed by atoms with Crippen molar-refractivity contribution in [3.05, 3.63) is 299 Å². The molecule has 31 heteroatoms. The zero-order chi connectivity index (χ0) is 93.2. The Hall–Kier alpha value is -14.2. The van der Waals surface area contributed by atoms with Gasteiger partial charge >= 0.3 is 0 Å². The van der Waals surface area contributed by atoms with E-state index in [9.17, 15) is 10.2 Å². The van der Waals surface area contributed by atoms with Gasteiger partial charge in [-0.05, 0) is 130 Å². The molecule has 680 valence electrons. The van der Waals surface area contributed by atoms with Gasteiger partial charge in [0.2, 0.25) is 0 Å². The number of hydrogen-bond acceptors (Lipinski definition) is 31. The van der Waals surface area contributed by atoms with Crippen LogP contribution >= 0.6 is 56.7 Å². The van der Waals surface area contributed by atoms with E-state index in [-0.39, 0.29) is 25.9 Å². The smallest absolute Gasteiger partial charge is 0.181 e. The number of aryl methyl sites for hydroxylation is 3. The Morgan fingerprint density at radius 3 is 0.978 bits per heavy atom. The highest BCUT2D eigenvalue weighted by molar-refractivity contribution is 7.20. The van der Waals surface area contributed by atoms with Crippen LogP contribution in [0.5, 0.6) is 0 Å². The summed E-state index contributed by atoms with van der Waals surface area (Å²) < 4.78 is 10.7. The van der Waals surface area contributed by atoms with Gasteiger partial charge in [0.1, 0.15) is 81.7 Å². The minimum absolute atomic E-state index is 0.0181. The number of benzene rings is 5. The van der Waals surface area contributed by atoms with Gasteiger partial charge in [-0.1, -0.05) is 182 Å². The molecule has 20 rings (SSSR count). The van der Waals surface area contributed by atoms with Gasteiger partial charge in [-0.25, -0.2) is 49.8 Å². The van der Waals surface area contributed by atoms with Crippen LogP contribution in [0.4, 0.5) is 29.1 Å². The van der Waals surface area contributed by atoms with Crippen LogP contribution in [0.15, 0.2) is 284 Å². The summed E-state index contributed by atoms with van der Waals surface area (Å²) in [6.07, 6.45) is 8.90. The van der Waals surface area contributed by atoms with E-state index in [1.54, 1.807) is 102 Å². The summed E-state index contributed by atoms with van der Waals surface area (Å²) in [6.45, 7) is 13.9. The van der Waals surface area contributed by atoms with Crippen molar-refractivity contribution in [1.29, 1.82) is 0 Å². The standard InChI is InChI=1S/C22H22N4OS.C21H20N4O2S.C21H20N4OS.2C20H18N4OS/c1-14(13-27-3)24-21-19-18(16-9-5-4-6-10-16)15(2)28-22(19)26-20(25-21)17-11-7-8-12-23-17;26-11-13-27-12-10-23-20-18-16(15-6-2-1-3-7-15)14-28-21(18)25-19(24-20)17-8-4-5-9-22-17;1-14-17(15-8-3-2-4-9-15)18-20(23-12-7-13-26)24-19(25-21(18)27-14)16-10-5-6-11-22-16;1-13(25)11-22-19-17-15(14-7-3-2-4-8-14)12-26-20(17)24-18(23-19)16-9-5-6-10-21-16;1-13-16(14-7-3-2-4-8-14)17-19(22-11-12-25)23-18(24-20(17)26-13)15-9-5-6-10-21-15/h4-12,14H,13H2,1-3H3,(H,24,25,26);1-9,14,26H,10-13H2,(H,23,24,25);2-6,8-11,26H,7,12-13H2,1H3,(H,23,24,25);2-10,12-13,25H,11H2,1H3,(H,22,23,24);2-10,25H,11-12H2,1H3,(H,22,23,24). The minimum atomic E-state index is -0.475. The van der Waals surface area contributed by atoms with Crippen molar-refractivity contribution < 1.29 is 29.9 Å². The monoisotopic (exact) mass is 1880 g/mol. The Balaban J connectivity index is 0.000000123. The van der Waals surface area contributed by atoms with Gasteiger partial charge in [-0.15, -0.1) is 56.7 Å². The van der Waals surface area contributed by atoms with E-state index < -0.39 is 6.10 Å². The number of methoxy groups -OCH3 is 1. The van der Waals surface area contributed by atoms with Crippen LogP contribution in [-0.4, -0.2) is 180 Å². The number of aliphatic hydroxyl groups excluding tert-OH is 4. The molecule has 2 atom stereocenters. The Labute approximate surface area is 800 Å². The summed E-state index contributed by atoms with van der Waals surface area (Å²) in [6, 6.07) is 80.1. The van der Waals surface area contributed by atoms with Gasteiger partial charge in [0, 0.05) is 130 Å². The average Bonchev–Trinajstić information content (AvgIpc) is 1.64. The predicted molar refractivity (Wildman–Crippen MR) is 552 cm³/mol. The molecule has 2 unspecified atom stereocenters. The van der Waals surface area contributed by atoms with Crippen LogP contribution in [0.1, 0.15) is 34.9 Å². The van der Waals surface area contributed by atoms with Crippen molar-refractivity contribution in [2.45, 2.75) is 53.2 Å². The normalized spacial score (nSPS) is 11.5. The number of anilines is 5. The zero-order valence-electron chi connectivity index (χ0n) is 74.9. The highest BCUT2D eigenvalue weighted by Crippen LogP contribution is 2.47. The van der Waals surface area contributed by atoms with Gasteiger partial charge in [0.15, 0.2) is 29.1 Å². The summed E-state index contributed by atoms with van der Waals surface area (Å²) in [5, 5.41) is 63.0. The van der Waals surface area contributed by atoms with Crippen LogP contribution in [-0.2, 0) is 9.47 Å². The molecule has 0 aliphatic carbocycles. The van der Waals surface area contributed by atoms with E-state index in [0.717, 1.165) is 153 Å². The molecule has 15 aromatic heterocycles. The Bertz CT molecular complexity index is 7210. The van der Waals surface area contributed by atoms with E-state index >= 15 is 0 Å². The maximum Gasteiger partial charge on any atom is 0.181 e. The number of rotatable bonds is 30. The van der Waals surface area contributed by atoms with Gasteiger partial charge in [0.25, 0.3) is 0 Å². The Morgan fingerprint density at radius 1 is 0.326 bits per heavy atom. The summed E-state index contributed by atoms with van der Waals surface area (Å²) in [5.41, 5.74) is 15.1. The lowest BCUT2D eigenvalue weighted by molar-refractivity contribution is 0.0992. The number of nitrogens with zero attached hydrogens (tertiary/aromatic N) is 15. The molecule has 9 N–H and O–H groups in total. The summed E-state index contributed by atoms with van der Waals surface area (Å²) in [7, 11) is 1.71. The molecule has 5 aromatic carbocycles. The van der Waals surface area contributed by atoms with E-state index in [2.05, 4.69) is 163 Å². The van der Waals surface area contributed by atoms with Crippen molar-refractivity contribution in [1.82, 2.24) is 74.8 Å². The second kappa shape index (κ2) is 46.5. The Morgan fingerprint density at radius 2 is 0.644 bits per heavy atom. The minimum Gasteiger partial charge on any atom is -0.396 e. The molecule has 135 heavy (non-hydrogen) atoms. The maximum absolute atomic E-state index is 9.69. The first-order valence-corrected chi connectivity index (χ1v) is 48.2. The highest BCUT2D eigenvalue weighted by atomic mass is 32.1. The molecule has 20 aromatic rings. The van der Waals surface area contributed by atoms with E-state index in [4.69, 9.17) is 69.5 Å². The van der Waals surface area contributed by atoms with Crippen molar-refractivity contribution in [2.75, 3.05) is 99.5 Å². The first-order valence-electron chi connectivity index (χ1n) is 44.0. The fourth-order valence-electron chi connectivity index (χ4n) is 15.0. The molecule has 0 saturated heterocycles. The lowest BCUT2D eigenvalue weighted by atomic mass is 10.0. The molecular weight excluding hydrogens is 1790 g/mol.